The van der Waals surface area contributed by atoms with Gasteiger partial charge in [-0.2, -0.15) is 0 Å². The van der Waals surface area contributed by atoms with Gasteiger partial charge in [0, 0.05) is 19.5 Å². The molecule has 0 aromatic heterocycles. The lowest BCUT2D eigenvalue weighted by molar-refractivity contribution is -0.130. The maximum Gasteiger partial charge on any atom is 0.264 e. The molecule has 0 radical (unpaired) electrons. The summed E-state index contributed by atoms with van der Waals surface area (Å²) in [5.74, 6) is 0.0135. The Morgan fingerprint density at radius 1 is 1.19 bits per heavy atom. The Labute approximate surface area is 189 Å². The number of carbonyl (C=O) groups excluding carboxylic acids is 2. The summed E-state index contributed by atoms with van der Waals surface area (Å²) in [6, 6.07) is 11.2. The van der Waals surface area contributed by atoms with Crippen LogP contribution in [0.1, 0.15) is 30.4 Å². The highest BCUT2D eigenvalue weighted by molar-refractivity contribution is 7.92. The molecule has 2 aromatic rings. The number of ether oxygens (including phenoxy) is 1. The van der Waals surface area contributed by atoms with Crippen LogP contribution in [0.25, 0.3) is 0 Å². The predicted octanol–water partition coefficient (Wildman–Crippen LogP) is 2.29. The van der Waals surface area contributed by atoms with E-state index < -0.39 is 16.1 Å². The summed E-state index contributed by atoms with van der Waals surface area (Å²) in [6.45, 7) is 4.18. The van der Waals surface area contributed by atoms with E-state index in [9.17, 15) is 18.0 Å². The Hall–Kier alpha value is -3.07. The molecule has 2 N–H and O–H groups in total. The van der Waals surface area contributed by atoms with Crippen LogP contribution in [-0.4, -0.2) is 46.5 Å². The SMILES string of the molecule is COc1ccc(N(CCC(=O)NC2CCCNC2=O)S(=O)(=O)c2ccc(C)cc2C)cc1. The van der Waals surface area contributed by atoms with Crippen molar-refractivity contribution in [3.05, 3.63) is 53.6 Å². The quantitative estimate of drug-likeness (QED) is 0.630. The minimum atomic E-state index is -3.93. The van der Waals surface area contributed by atoms with E-state index in [1.807, 2.05) is 13.0 Å². The third-order valence-corrected chi connectivity index (χ3v) is 7.41. The highest BCUT2D eigenvalue weighted by Crippen LogP contribution is 2.28. The number of methoxy groups -OCH3 is 1. The van der Waals surface area contributed by atoms with Gasteiger partial charge in [-0.15, -0.1) is 0 Å². The summed E-state index contributed by atoms with van der Waals surface area (Å²) in [7, 11) is -2.39. The molecule has 1 aliphatic rings. The molecular formula is C23H29N3O5S. The smallest absolute Gasteiger partial charge is 0.264 e. The van der Waals surface area contributed by atoms with Gasteiger partial charge in [-0.05, 0) is 62.6 Å². The molecule has 0 bridgehead atoms. The van der Waals surface area contributed by atoms with E-state index in [0.717, 1.165) is 12.0 Å². The first kappa shape index (κ1) is 23.6. The number of hydrogen-bond acceptors (Lipinski definition) is 5. The average Bonchev–Trinajstić information content (AvgIpc) is 2.75. The number of carbonyl (C=O) groups is 2. The minimum absolute atomic E-state index is 0.0673. The molecule has 1 saturated heterocycles. The van der Waals surface area contributed by atoms with E-state index in [1.54, 1.807) is 43.3 Å². The van der Waals surface area contributed by atoms with Gasteiger partial charge in [0.1, 0.15) is 11.8 Å². The Kier molecular flexibility index (Phi) is 7.40. The molecule has 1 atom stereocenters. The second-order valence-corrected chi connectivity index (χ2v) is 9.68. The number of anilines is 1. The van der Waals surface area contributed by atoms with Crippen LogP contribution in [0.3, 0.4) is 0 Å². The van der Waals surface area contributed by atoms with Crippen molar-refractivity contribution in [2.24, 2.45) is 0 Å². The third kappa shape index (κ3) is 5.40. The Balaban J connectivity index is 1.85. The van der Waals surface area contributed by atoms with Crippen LogP contribution in [-0.2, 0) is 19.6 Å². The molecule has 2 aromatic carbocycles. The molecule has 3 rings (SSSR count). The lowest BCUT2D eigenvalue weighted by Crippen LogP contribution is -2.50. The molecule has 0 aliphatic carbocycles. The first-order valence-corrected chi connectivity index (χ1v) is 12.0. The number of benzene rings is 2. The maximum absolute atomic E-state index is 13.6. The molecule has 2 amide bonds. The van der Waals surface area contributed by atoms with Crippen molar-refractivity contribution in [2.75, 3.05) is 24.5 Å². The van der Waals surface area contributed by atoms with Gasteiger partial charge in [0.2, 0.25) is 11.8 Å². The van der Waals surface area contributed by atoms with Gasteiger partial charge in [-0.1, -0.05) is 17.7 Å². The Bertz CT molecular complexity index is 1080. The van der Waals surface area contributed by atoms with Gasteiger partial charge in [0.25, 0.3) is 10.0 Å². The first-order chi connectivity index (χ1) is 15.2. The van der Waals surface area contributed by atoms with Gasteiger partial charge < -0.3 is 15.4 Å². The number of hydrogen-bond donors (Lipinski definition) is 2. The average molecular weight is 460 g/mol. The fourth-order valence-corrected chi connectivity index (χ4v) is 5.40. The van der Waals surface area contributed by atoms with Crippen molar-refractivity contribution < 1.29 is 22.7 Å². The van der Waals surface area contributed by atoms with Crippen molar-refractivity contribution in [3.63, 3.8) is 0 Å². The van der Waals surface area contributed by atoms with Gasteiger partial charge in [-0.3, -0.25) is 13.9 Å². The van der Waals surface area contributed by atoms with E-state index in [0.29, 0.717) is 30.0 Å². The summed E-state index contributed by atoms with van der Waals surface area (Å²) in [4.78, 5) is 24.6. The highest BCUT2D eigenvalue weighted by Gasteiger charge is 2.28. The van der Waals surface area contributed by atoms with Crippen molar-refractivity contribution >= 4 is 27.5 Å². The number of piperidine rings is 1. The predicted molar refractivity (Wildman–Crippen MR) is 122 cm³/mol. The Morgan fingerprint density at radius 2 is 1.91 bits per heavy atom. The van der Waals surface area contributed by atoms with Crippen LogP contribution in [0.5, 0.6) is 5.75 Å². The molecule has 1 heterocycles. The molecule has 1 unspecified atom stereocenters. The lowest BCUT2D eigenvalue weighted by Gasteiger charge is -2.26. The number of aryl methyl sites for hydroxylation is 2. The van der Waals surface area contributed by atoms with Crippen molar-refractivity contribution in [1.82, 2.24) is 10.6 Å². The third-order valence-electron chi connectivity index (χ3n) is 5.42. The second-order valence-electron chi connectivity index (χ2n) is 7.85. The summed E-state index contributed by atoms with van der Waals surface area (Å²) in [6.07, 6.45) is 1.27. The summed E-state index contributed by atoms with van der Waals surface area (Å²) < 4.78 is 33.5. The normalized spacial score (nSPS) is 16.2. The number of sulfonamides is 1. The topological polar surface area (TPSA) is 105 Å². The lowest BCUT2D eigenvalue weighted by atomic mass is 10.1. The van der Waals surface area contributed by atoms with Gasteiger partial charge in [0.15, 0.2) is 0 Å². The first-order valence-electron chi connectivity index (χ1n) is 10.5. The highest BCUT2D eigenvalue weighted by atomic mass is 32.2. The summed E-state index contributed by atoms with van der Waals surface area (Å²) >= 11 is 0. The number of rotatable bonds is 8. The van der Waals surface area contributed by atoms with E-state index >= 15 is 0 Å². The van der Waals surface area contributed by atoms with Gasteiger partial charge in [0.05, 0.1) is 17.7 Å². The van der Waals surface area contributed by atoms with E-state index in [1.165, 1.54) is 11.4 Å². The molecule has 32 heavy (non-hydrogen) atoms. The number of nitrogens with one attached hydrogen (secondary N) is 2. The monoisotopic (exact) mass is 459 g/mol. The van der Waals surface area contributed by atoms with Crippen LogP contribution in [0.15, 0.2) is 47.4 Å². The van der Waals surface area contributed by atoms with Crippen LogP contribution < -0.4 is 19.7 Å². The molecular weight excluding hydrogens is 430 g/mol. The summed E-state index contributed by atoms with van der Waals surface area (Å²) in [5, 5.41) is 5.43. The van der Waals surface area contributed by atoms with Crippen LogP contribution in [0.2, 0.25) is 0 Å². The maximum atomic E-state index is 13.6. The molecule has 1 aliphatic heterocycles. The number of nitrogens with zero attached hydrogens (tertiary/aromatic N) is 1. The van der Waals surface area contributed by atoms with Crippen LogP contribution >= 0.6 is 0 Å². The summed E-state index contributed by atoms with van der Waals surface area (Å²) in [5.41, 5.74) is 2.02. The zero-order valence-corrected chi connectivity index (χ0v) is 19.4. The van der Waals surface area contributed by atoms with Gasteiger partial charge >= 0.3 is 0 Å². The largest absolute Gasteiger partial charge is 0.497 e. The standard InChI is InChI=1S/C23H29N3O5S/c1-16-6-11-21(17(2)15-16)32(29,30)26(18-7-9-19(31-3)10-8-18)14-12-22(27)25-20-5-4-13-24-23(20)28/h6-11,15,20H,4-5,12-14H2,1-3H3,(H,24,28)(H,25,27). The zero-order chi connectivity index (χ0) is 23.3. The Morgan fingerprint density at radius 3 is 2.53 bits per heavy atom. The number of amides is 2. The van der Waals surface area contributed by atoms with Gasteiger partial charge in [-0.25, -0.2) is 8.42 Å². The van der Waals surface area contributed by atoms with E-state index in [-0.39, 0.29) is 29.7 Å². The molecule has 172 valence electrons. The zero-order valence-electron chi connectivity index (χ0n) is 18.6. The molecule has 0 saturated carbocycles. The van der Waals surface area contributed by atoms with Crippen LogP contribution in [0, 0.1) is 13.8 Å². The van der Waals surface area contributed by atoms with E-state index in [2.05, 4.69) is 10.6 Å². The second kappa shape index (κ2) is 10.0. The fourth-order valence-electron chi connectivity index (χ4n) is 3.72. The minimum Gasteiger partial charge on any atom is -0.497 e. The molecule has 1 fully saturated rings. The van der Waals surface area contributed by atoms with Crippen molar-refractivity contribution in [2.45, 2.75) is 44.0 Å². The molecule has 8 nitrogen and oxygen atoms in total. The fraction of sp³-hybridized carbons (Fsp3) is 0.391. The molecule has 0 spiro atoms. The molecule has 9 heteroatoms. The van der Waals surface area contributed by atoms with Crippen LogP contribution in [0.4, 0.5) is 5.69 Å². The van der Waals surface area contributed by atoms with E-state index in [4.69, 9.17) is 4.74 Å². The van der Waals surface area contributed by atoms with Crippen molar-refractivity contribution in [3.8, 4) is 5.75 Å². The van der Waals surface area contributed by atoms with Crippen molar-refractivity contribution in [1.29, 1.82) is 0 Å².